The van der Waals surface area contributed by atoms with Gasteiger partial charge in [0.2, 0.25) is 0 Å². The summed E-state index contributed by atoms with van der Waals surface area (Å²) in [6.07, 6.45) is 8.92. The number of aryl methyl sites for hydroxylation is 1. The molecule has 7 nitrogen and oxygen atoms in total. The van der Waals surface area contributed by atoms with E-state index in [1.54, 1.807) is 13.1 Å². The van der Waals surface area contributed by atoms with E-state index in [-0.39, 0.29) is 5.91 Å². The molecule has 7 heteroatoms. The van der Waals surface area contributed by atoms with Gasteiger partial charge in [0.25, 0.3) is 5.91 Å². The van der Waals surface area contributed by atoms with Crippen LogP contribution in [0.3, 0.4) is 0 Å². The SMILES string of the molecule is CN=C(NCCCNC(=O)c1occc1C)NCCCN1CCCCCC1. The Hall–Kier alpha value is -2.02. The van der Waals surface area contributed by atoms with Crippen LogP contribution in [0.5, 0.6) is 0 Å². The van der Waals surface area contributed by atoms with Gasteiger partial charge >= 0.3 is 0 Å². The molecule has 0 saturated carbocycles. The number of hydrogen-bond acceptors (Lipinski definition) is 4. The fourth-order valence-electron chi connectivity index (χ4n) is 3.27. The molecule has 0 radical (unpaired) electrons. The maximum absolute atomic E-state index is 11.9. The number of furan rings is 1. The van der Waals surface area contributed by atoms with Crippen LogP contribution in [0.4, 0.5) is 0 Å². The highest BCUT2D eigenvalue weighted by atomic mass is 16.3. The normalized spacial score (nSPS) is 16.0. The molecule has 27 heavy (non-hydrogen) atoms. The second kappa shape index (κ2) is 12.4. The summed E-state index contributed by atoms with van der Waals surface area (Å²) in [7, 11) is 1.78. The number of nitrogens with one attached hydrogen (secondary N) is 3. The average Bonchev–Trinajstić information content (AvgIpc) is 2.94. The summed E-state index contributed by atoms with van der Waals surface area (Å²) in [5, 5.41) is 9.53. The first kappa shape index (κ1) is 21.3. The lowest BCUT2D eigenvalue weighted by Gasteiger charge is -2.20. The Labute approximate surface area is 163 Å². The van der Waals surface area contributed by atoms with Crippen molar-refractivity contribution < 1.29 is 9.21 Å². The number of guanidine groups is 1. The van der Waals surface area contributed by atoms with Crippen LogP contribution in [-0.2, 0) is 0 Å². The van der Waals surface area contributed by atoms with E-state index in [2.05, 4.69) is 25.8 Å². The first-order chi connectivity index (χ1) is 13.2. The van der Waals surface area contributed by atoms with E-state index in [4.69, 9.17) is 4.42 Å². The Bertz CT molecular complexity index is 577. The van der Waals surface area contributed by atoms with Crippen molar-refractivity contribution in [3.8, 4) is 0 Å². The monoisotopic (exact) mass is 377 g/mol. The molecule has 0 atom stereocenters. The van der Waals surface area contributed by atoms with Crippen LogP contribution in [0.1, 0.15) is 54.6 Å². The highest BCUT2D eigenvalue weighted by Gasteiger charge is 2.11. The van der Waals surface area contributed by atoms with E-state index in [0.717, 1.165) is 44.0 Å². The van der Waals surface area contributed by atoms with E-state index < -0.39 is 0 Å². The van der Waals surface area contributed by atoms with Gasteiger partial charge in [-0.05, 0) is 58.3 Å². The Morgan fingerprint density at radius 2 is 1.74 bits per heavy atom. The van der Waals surface area contributed by atoms with Crippen LogP contribution >= 0.6 is 0 Å². The predicted octanol–water partition coefficient (Wildman–Crippen LogP) is 2.14. The van der Waals surface area contributed by atoms with E-state index in [9.17, 15) is 4.79 Å². The van der Waals surface area contributed by atoms with Gasteiger partial charge in [-0.2, -0.15) is 0 Å². The molecule has 1 saturated heterocycles. The average molecular weight is 378 g/mol. The molecule has 152 valence electrons. The maximum Gasteiger partial charge on any atom is 0.287 e. The molecule has 1 fully saturated rings. The second-order valence-corrected chi connectivity index (χ2v) is 7.08. The number of amides is 1. The van der Waals surface area contributed by atoms with Crippen molar-refractivity contribution in [1.82, 2.24) is 20.9 Å². The van der Waals surface area contributed by atoms with E-state index in [1.807, 2.05) is 6.92 Å². The third kappa shape index (κ3) is 8.03. The van der Waals surface area contributed by atoms with Crippen LogP contribution in [0.2, 0.25) is 0 Å². The van der Waals surface area contributed by atoms with Crippen molar-refractivity contribution in [2.24, 2.45) is 4.99 Å². The molecule has 0 bridgehead atoms. The Balaban J connectivity index is 1.51. The lowest BCUT2D eigenvalue weighted by Crippen LogP contribution is -2.40. The van der Waals surface area contributed by atoms with Crippen molar-refractivity contribution in [1.29, 1.82) is 0 Å². The van der Waals surface area contributed by atoms with Crippen LogP contribution in [0.15, 0.2) is 21.7 Å². The minimum atomic E-state index is -0.159. The van der Waals surface area contributed by atoms with Gasteiger partial charge in [0.1, 0.15) is 0 Å². The summed E-state index contributed by atoms with van der Waals surface area (Å²) in [6.45, 7) is 7.78. The van der Waals surface area contributed by atoms with Crippen LogP contribution in [0, 0.1) is 6.92 Å². The predicted molar refractivity (Wildman–Crippen MR) is 109 cm³/mol. The lowest BCUT2D eigenvalue weighted by molar-refractivity contribution is 0.0925. The number of nitrogens with zero attached hydrogens (tertiary/aromatic N) is 2. The number of likely N-dealkylation sites (tertiary alicyclic amines) is 1. The van der Waals surface area contributed by atoms with Crippen molar-refractivity contribution in [3.05, 3.63) is 23.7 Å². The van der Waals surface area contributed by atoms with Gasteiger partial charge in [0.05, 0.1) is 6.26 Å². The molecule has 1 amide bonds. The lowest BCUT2D eigenvalue weighted by atomic mass is 10.2. The fourth-order valence-corrected chi connectivity index (χ4v) is 3.27. The van der Waals surface area contributed by atoms with Gasteiger partial charge in [0, 0.05) is 32.2 Å². The van der Waals surface area contributed by atoms with Crippen molar-refractivity contribution in [3.63, 3.8) is 0 Å². The highest BCUT2D eigenvalue weighted by Crippen LogP contribution is 2.09. The largest absolute Gasteiger partial charge is 0.459 e. The molecule has 1 aliphatic rings. The number of hydrogen-bond donors (Lipinski definition) is 3. The van der Waals surface area contributed by atoms with Crippen LogP contribution < -0.4 is 16.0 Å². The fraction of sp³-hybridized carbons (Fsp3) is 0.700. The molecule has 1 aliphatic heterocycles. The minimum Gasteiger partial charge on any atom is -0.459 e. The molecule has 2 rings (SSSR count). The summed E-state index contributed by atoms with van der Waals surface area (Å²) in [4.78, 5) is 18.8. The van der Waals surface area contributed by atoms with Crippen LogP contribution in [-0.4, -0.2) is 63.1 Å². The number of carbonyl (C=O) groups is 1. The van der Waals surface area contributed by atoms with Gasteiger partial charge in [-0.1, -0.05) is 12.8 Å². The molecule has 3 N–H and O–H groups in total. The Kier molecular flexibility index (Phi) is 9.76. The third-order valence-electron chi connectivity index (χ3n) is 4.87. The summed E-state index contributed by atoms with van der Waals surface area (Å²) in [5.74, 6) is 1.05. The standard InChI is InChI=1S/C20H35N5O2/c1-17-9-16-27-18(17)19(26)22-10-7-11-23-20(21-2)24-12-8-15-25-13-5-3-4-6-14-25/h9,16H,3-8,10-15H2,1-2H3,(H,22,26)(H2,21,23,24). The van der Waals surface area contributed by atoms with Crippen molar-refractivity contribution in [2.75, 3.05) is 46.3 Å². The quantitative estimate of drug-likeness (QED) is 0.349. The molecule has 1 aromatic heterocycles. The van der Waals surface area contributed by atoms with Gasteiger partial charge in [-0.3, -0.25) is 9.79 Å². The van der Waals surface area contributed by atoms with Crippen LogP contribution in [0.25, 0.3) is 0 Å². The van der Waals surface area contributed by atoms with Crippen molar-refractivity contribution >= 4 is 11.9 Å². The molecule has 0 spiro atoms. The van der Waals surface area contributed by atoms with E-state index in [1.165, 1.54) is 45.0 Å². The molecule has 2 heterocycles. The Morgan fingerprint density at radius 1 is 1.07 bits per heavy atom. The first-order valence-electron chi connectivity index (χ1n) is 10.2. The van der Waals surface area contributed by atoms with Gasteiger partial charge in [-0.15, -0.1) is 0 Å². The van der Waals surface area contributed by atoms with E-state index in [0.29, 0.717) is 12.3 Å². The number of rotatable bonds is 9. The zero-order valence-electron chi connectivity index (χ0n) is 16.9. The van der Waals surface area contributed by atoms with Crippen molar-refractivity contribution in [2.45, 2.75) is 45.4 Å². The van der Waals surface area contributed by atoms with Gasteiger partial charge < -0.3 is 25.3 Å². The molecular formula is C20H35N5O2. The topological polar surface area (TPSA) is 81.9 Å². The zero-order chi connectivity index (χ0) is 19.3. The number of carbonyl (C=O) groups excluding carboxylic acids is 1. The summed E-state index contributed by atoms with van der Waals surface area (Å²) < 4.78 is 5.18. The minimum absolute atomic E-state index is 0.159. The molecule has 0 aromatic carbocycles. The second-order valence-electron chi connectivity index (χ2n) is 7.08. The molecule has 0 aliphatic carbocycles. The zero-order valence-corrected chi connectivity index (χ0v) is 16.9. The Morgan fingerprint density at radius 3 is 2.37 bits per heavy atom. The maximum atomic E-state index is 11.9. The molecule has 1 aromatic rings. The number of aliphatic imine (C=N–C) groups is 1. The highest BCUT2D eigenvalue weighted by molar-refractivity contribution is 5.92. The molecule has 0 unspecified atom stereocenters. The summed E-state index contributed by atoms with van der Waals surface area (Å²) >= 11 is 0. The van der Waals surface area contributed by atoms with Gasteiger partial charge in [-0.25, -0.2) is 0 Å². The molecular weight excluding hydrogens is 342 g/mol. The third-order valence-corrected chi connectivity index (χ3v) is 4.87. The summed E-state index contributed by atoms with van der Waals surface area (Å²) in [5.41, 5.74) is 0.857. The smallest absolute Gasteiger partial charge is 0.287 e. The van der Waals surface area contributed by atoms with E-state index >= 15 is 0 Å². The first-order valence-corrected chi connectivity index (χ1v) is 10.2. The van der Waals surface area contributed by atoms with Gasteiger partial charge in [0.15, 0.2) is 11.7 Å². The summed E-state index contributed by atoms with van der Waals surface area (Å²) in [6, 6.07) is 1.79.